The summed E-state index contributed by atoms with van der Waals surface area (Å²) in [6, 6.07) is -0.518. The molecule has 0 unspecified atom stereocenters. The molecule has 0 spiro atoms. The van der Waals surface area contributed by atoms with Crippen molar-refractivity contribution < 1.29 is 22.8 Å². The van der Waals surface area contributed by atoms with Crippen LogP contribution in [0.2, 0.25) is 0 Å². The maximum atomic E-state index is 12.2. The number of amides is 2. The van der Waals surface area contributed by atoms with E-state index >= 15 is 0 Å². The van der Waals surface area contributed by atoms with Gasteiger partial charge >= 0.3 is 12.1 Å². The van der Waals surface area contributed by atoms with E-state index in [0.29, 0.717) is 31.8 Å². The van der Waals surface area contributed by atoms with Crippen LogP contribution in [0.15, 0.2) is 12.2 Å². The van der Waals surface area contributed by atoms with E-state index in [0.717, 1.165) is 12.8 Å². The van der Waals surface area contributed by atoms with Crippen LogP contribution in [0, 0.1) is 5.92 Å². The third-order valence-corrected chi connectivity index (χ3v) is 4.56. The number of carbonyl (C=O) groups excluding carboxylic acids is 2. The number of hydrogen-bond acceptors (Lipinski definition) is 2. The maximum absolute atomic E-state index is 12.2. The standard InChI is InChI=1S/C16H23F3N2O2/c17-16(18,19)15(23)20-13-8-10-21(11-9-13)14(22)7-6-12-4-2-1-3-5-12/h6-7,12-13H,1-5,8-11H2,(H,20,23)/b7-6+. The average Bonchev–Trinajstić information content (AvgIpc) is 2.53. The predicted molar refractivity (Wildman–Crippen MR) is 79.5 cm³/mol. The minimum atomic E-state index is -4.85. The average molecular weight is 332 g/mol. The van der Waals surface area contributed by atoms with Crippen LogP contribution in [-0.2, 0) is 9.59 Å². The Bertz CT molecular complexity index is 449. The first-order valence-electron chi connectivity index (χ1n) is 8.21. The van der Waals surface area contributed by atoms with E-state index in [-0.39, 0.29) is 5.91 Å². The van der Waals surface area contributed by atoms with Crippen molar-refractivity contribution in [1.29, 1.82) is 0 Å². The number of carbonyl (C=O) groups is 2. The molecule has 1 saturated heterocycles. The summed E-state index contributed by atoms with van der Waals surface area (Å²) in [5, 5.41) is 1.98. The Morgan fingerprint density at radius 2 is 1.61 bits per heavy atom. The zero-order valence-electron chi connectivity index (χ0n) is 13.1. The molecule has 2 rings (SSSR count). The second-order valence-electron chi connectivity index (χ2n) is 6.33. The van der Waals surface area contributed by atoms with Gasteiger partial charge in [0.15, 0.2) is 0 Å². The first-order valence-corrected chi connectivity index (χ1v) is 8.21. The SMILES string of the molecule is O=C(/C=C/C1CCCCC1)N1CCC(NC(=O)C(F)(F)F)CC1. The summed E-state index contributed by atoms with van der Waals surface area (Å²) < 4.78 is 36.6. The summed E-state index contributed by atoms with van der Waals surface area (Å²) in [4.78, 5) is 24.6. The lowest BCUT2D eigenvalue weighted by atomic mass is 9.89. The van der Waals surface area contributed by atoms with Gasteiger partial charge in [-0.3, -0.25) is 9.59 Å². The fourth-order valence-corrected chi connectivity index (χ4v) is 3.16. The van der Waals surface area contributed by atoms with Gasteiger partial charge in [0.1, 0.15) is 0 Å². The number of likely N-dealkylation sites (tertiary alicyclic amines) is 1. The Morgan fingerprint density at radius 1 is 1.00 bits per heavy atom. The lowest BCUT2D eigenvalue weighted by molar-refractivity contribution is -0.174. The number of piperidine rings is 1. The minimum Gasteiger partial charge on any atom is -0.345 e. The van der Waals surface area contributed by atoms with Crippen LogP contribution in [-0.4, -0.2) is 42.0 Å². The van der Waals surface area contributed by atoms with Crippen molar-refractivity contribution in [3.63, 3.8) is 0 Å². The summed E-state index contributed by atoms with van der Waals surface area (Å²) >= 11 is 0. The third kappa shape index (κ3) is 5.55. The molecule has 1 saturated carbocycles. The third-order valence-electron chi connectivity index (χ3n) is 4.56. The number of alkyl halides is 3. The van der Waals surface area contributed by atoms with Crippen LogP contribution in [0.1, 0.15) is 44.9 Å². The predicted octanol–water partition coefficient (Wildman–Crippen LogP) is 2.79. The number of nitrogens with one attached hydrogen (secondary N) is 1. The molecule has 0 aromatic heterocycles. The zero-order valence-corrected chi connectivity index (χ0v) is 13.1. The molecule has 0 bridgehead atoms. The second kappa shape index (κ2) is 7.84. The van der Waals surface area contributed by atoms with Crippen LogP contribution in [0.4, 0.5) is 13.2 Å². The van der Waals surface area contributed by atoms with Gasteiger partial charge in [-0.25, -0.2) is 0 Å². The highest BCUT2D eigenvalue weighted by atomic mass is 19.4. The van der Waals surface area contributed by atoms with Gasteiger partial charge in [-0.1, -0.05) is 25.3 Å². The van der Waals surface area contributed by atoms with Crippen molar-refractivity contribution in [2.45, 2.75) is 57.2 Å². The molecule has 1 aliphatic carbocycles. The molecule has 4 nitrogen and oxygen atoms in total. The van der Waals surface area contributed by atoms with Crippen LogP contribution < -0.4 is 5.32 Å². The quantitative estimate of drug-likeness (QED) is 0.808. The molecule has 0 radical (unpaired) electrons. The summed E-state index contributed by atoms with van der Waals surface area (Å²) in [6.07, 6.45) is 5.33. The highest BCUT2D eigenvalue weighted by Gasteiger charge is 2.40. The molecule has 0 atom stereocenters. The first-order chi connectivity index (χ1) is 10.9. The normalized spacial score (nSPS) is 21.6. The molecule has 1 heterocycles. The largest absolute Gasteiger partial charge is 0.471 e. The monoisotopic (exact) mass is 332 g/mol. The molecule has 0 aromatic rings. The summed E-state index contributed by atoms with van der Waals surface area (Å²) in [5.41, 5.74) is 0. The van der Waals surface area contributed by atoms with Crippen LogP contribution >= 0.6 is 0 Å². The van der Waals surface area contributed by atoms with E-state index in [2.05, 4.69) is 0 Å². The van der Waals surface area contributed by atoms with Crippen molar-refractivity contribution in [1.82, 2.24) is 10.2 Å². The van der Waals surface area contributed by atoms with Crippen molar-refractivity contribution in [2.75, 3.05) is 13.1 Å². The molecule has 1 aliphatic heterocycles. The fraction of sp³-hybridized carbons (Fsp3) is 0.750. The Morgan fingerprint density at radius 3 is 2.17 bits per heavy atom. The van der Waals surface area contributed by atoms with E-state index in [1.165, 1.54) is 19.3 Å². The van der Waals surface area contributed by atoms with Crippen molar-refractivity contribution >= 4 is 11.8 Å². The van der Waals surface area contributed by atoms with Gasteiger partial charge in [-0.15, -0.1) is 0 Å². The van der Waals surface area contributed by atoms with Crippen molar-refractivity contribution in [2.24, 2.45) is 5.92 Å². The smallest absolute Gasteiger partial charge is 0.345 e. The lowest BCUT2D eigenvalue weighted by Crippen LogP contribution is -2.49. The summed E-state index contributed by atoms with van der Waals surface area (Å²) in [7, 11) is 0. The summed E-state index contributed by atoms with van der Waals surface area (Å²) in [6.45, 7) is 0.743. The zero-order chi connectivity index (χ0) is 16.9. The van der Waals surface area contributed by atoms with E-state index < -0.39 is 18.1 Å². The Balaban J connectivity index is 1.74. The van der Waals surface area contributed by atoms with Crippen LogP contribution in [0.3, 0.4) is 0 Å². The van der Waals surface area contributed by atoms with Gasteiger partial charge in [-0.2, -0.15) is 13.2 Å². The van der Waals surface area contributed by atoms with Gasteiger partial charge in [0.25, 0.3) is 0 Å². The second-order valence-corrected chi connectivity index (χ2v) is 6.33. The van der Waals surface area contributed by atoms with Crippen LogP contribution in [0.25, 0.3) is 0 Å². The number of halogens is 3. The molecular weight excluding hydrogens is 309 g/mol. The molecular formula is C16H23F3N2O2. The van der Waals surface area contributed by atoms with Crippen molar-refractivity contribution in [3.8, 4) is 0 Å². The van der Waals surface area contributed by atoms with Gasteiger partial charge in [-0.05, 0) is 37.7 Å². The maximum Gasteiger partial charge on any atom is 0.471 e. The minimum absolute atomic E-state index is 0.0869. The molecule has 130 valence electrons. The molecule has 7 heteroatoms. The molecule has 2 aliphatic rings. The van der Waals surface area contributed by atoms with E-state index in [1.54, 1.807) is 11.0 Å². The molecule has 0 aromatic carbocycles. The summed E-state index contributed by atoms with van der Waals surface area (Å²) in [5.74, 6) is -1.52. The number of allylic oxidation sites excluding steroid dienone is 1. The lowest BCUT2D eigenvalue weighted by Gasteiger charge is -2.32. The number of hydrogen-bond donors (Lipinski definition) is 1. The van der Waals surface area contributed by atoms with Crippen molar-refractivity contribution in [3.05, 3.63) is 12.2 Å². The van der Waals surface area contributed by atoms with Gasteiger partial charge in [0.05, 0.1) is 0 Å². The molecule has 1 N–H and O–H groups in total. The highest BCUT2D eigenvalue weighted by Crippen LogP contribution is 2.24. The van der Waals surface area contributed by atoms with E-state index in [4.69, 9.17) is 0 Å². The van der Waals surface area contributed by atoms with E-state index in [9.17, 15) is 22.8 Å². The van der Waals surface area contributed by atoms with E-state index in [1.807, 2.05) is 11.4 Å². The Kier molecular flexibility index (Phi) is 6.07. The molecule has 2 fully saturated rings. The fourth-order valence-electron chi connectivity index (χ4n) is 3.16. The van der Waals surface area contributed by atoms with Gasteiger partial charge in [0, 0.05) is 19.1 Å². The first kappa shape index (κ1) is 17.8. The number of rotatable bonds is 3. The molecule has 23 heavy (non-hydrogen) atoms. The Hall–Kier alpha value is -1.53. The Labute approximate surface area is 134 Å². The molecule has 2 amide bonds. The number of nitrogens with zero attached hydrogens (tertiary/aromatic N) is 1. The topological polar surface area (TPSA) is 49.4 Å². The van der Waals surface area contributed by atoms with Gasteiger partial charge in [0.2, 0.25) is 5.91 Å². The highest BCUT2D eigenvalue weighted by molar-refractivity contribution is 5.87. The van der Waals surface area contributed by atoms with Crippen LogP contribution in [0.5, 0.6) is 0 Å². The van der Waals surface area contributed by atoms with Gasteiger partial charge < -0.3 is 10.2 Å².